The Morgan fingerprint density at radius 1 is 1.38 bits per heavy atom. The van der Waals surface area contributed by atoms with Crippen molar-refractivity contribution in [2.75, 3.05) is 13.2 Å². The zero-order valence-electron chi connectivity index (χ0n) is 12.0. The molecule has 6 heteroatoms. The molecule has 21 heavy (non-hydrogen) atoms. The number of H-pyrrole nitrogens is 1. The van der Waals surface area contributed by atoms with Gasteiger partial charge in [0.05, 0.1) is 41.5 Å². The van der Waals surface area contributed by atoms with Crippen LogP contribution in [-0.2, 0) is 6.54 Å². The summed E-state index contributed by atoms with van der Waals surface area (Å²) >= 11 is 0. The summed E-state index contributed by atoms with van der Waals surface area (Å²) in [7, 11) is 0. The first-order chi connectivity index (χ1) is 10.2. The van der Waals surface area contributed by atoms with Crippen LogP contribution in [0.15, 0.2) is 30.3 Å². The quantitative estimate of drug-likeness (QED) is 0.655. The molecular formula is C15H19N5O. The molecule has 1 atom stereocenters. The van der Waals surface area contributed by atoms with Crippen molar-refractivity contribution in [3.8, 4) is 0 Å². The lowest BCUT2D eigenvalue weighted by Crippen LogP contribution is -2.20. The monoisotopic (exact) mass is 285 g/mol. The normalized spacial score (nSPS) is 12.9. The van der Waals surface area contributed by atoms with E-state index in [0.29, 0.717) is 13.1 Å². The Morgan fingerprint density at radius 3 is 2.90 bits per heavy atom. The van der Waals surface area contributed by atoms with Gasteiger partial charge in [0.25, 0.3) is 0 Å². The molecule has 0 spiro atoms. The van der Waals surface area contributed by atoms with E-state index in [9.17, 15) is 5.11 Å². The Kier molecular flexibility index (Phi) is 3.72. The Labute approximate surface area is 122 Å². The highest BCUT2D eigenvalue weighted by molar-refractivity contribution is 5.74. The second-order valence-corrected chi connectivity index (χ2v) is 5.08. The number of imidazole rings is 1. The van der Waals surface area contributed by atoms with E-state index in [0.717, 1.165) is 28.2 Å². The number of aryl methyl sites for hydroxylation is 1. The van der Waals surface area contributed by atoms with Crippen LogP contribution in [0.2, 0.25) is 0 Å². The molecule has 0 amide bonds. The van der Waals surface area contributed by atoms with Crippen LogP contribution in [0.3, 0.4) is 0 Å². The van der Waals surface area contributed by atoms with Crippen molar-refractivity contribution in [1.82, 2.24) is 19.7 Å². The van der Waals surface area contributed by atoms with Gasteiger partial charge in [-0.15, -0.1) is 0 Å². The third-order valence-electron chi connectivity index (χ3n) is 3.58. The molecule has 2 aromatic heterocycles. The highest BCUT2D eigenvalue weighted by Gasteiger charge is 2.21. The summed E-state index contributed by atoms with van der Waals surface area (Å²) in [4.78, 5) is 7.96. The Balaban J connectivity index is 2.05. The maximum atomic E-state index is 9.18. The van der Waals surface area contributed by atoms with Gasteiger partial charge in [0.2, 0.25) is 0 Å². The summed E-state index contributed by atoms with van der Waals surface area (Å²) in [6, 6.07) is 9.90. The zero-order chi connectivity index (χ0) is 14.8. The standard InChI is InChI=1S/C15H19N5O/c1-10-8-14(20(19-10)6-7-21)11(9-16)15-17-12-4-2-3-5-13(12)18-15/h2-5,8,11,21H,6-7,9,16H2,1H3,(H,17,18). The fourth-order valence-electron chi connectivity index (χ4n) is 2.63. The molecule has 4 N–H and O–H groups in total. The van der Waals surface area contributed by atoms with Crippen molar-refractivity contribution >= 4 is 11.0 Å². The number of aliphatic hydroxyl groups excluding tert-OH is 1. The number of aromatic amines is 1. The van der Waals surface area contributed by atoms with E-state index in [2.05, 4.69) is 15.1 Å². The molecule has 0 bridgehead atoms. The van der Waals surface area contributed by atoms with Gasteiger partial charge in [-0.25, -0.2) is 4.98 Å². The molecule has 0 saturated heterocycles. The van der Waals surface area contributed by atoms with Gasteiger partial charge in [-0.3, -0.25) is 4.68 Å². The number of para-hydroxylation sites is 2. The van der Waals surface area contributed by atoms with Gasteiger partial charge in [-0.2, -0.15) is 5.10 Å². The van der Waals surface area contributed by atoms with E-state index in [1.54, 1.807) is 4.68 Å². The number of hydrogen-bond donors (Lipinski definition) is 3. The second kappa shape index (κ2) is 5.67. The average Bonchev–Trinajstić information content (AvgIpc) is 3.04. The Bertz CT molecular complexity index is 712. The largest absolute Gasteiger partial charge is 0.394 e. The molecular weight excluding hydrogens is 266 g/mol. The fraction of sp³-hybridized carbons (Fsp3) is 0.333. The summed E-state index contributed by atoms with van der Waals surface area (Å²) in [6.07, 6.45) is 0. The number of nitrogens with one attached hydrogen (secondary N) is 1. The first-order valence-electron chi connectivity index (χ1n) is 7.03. The van der Waals surface area contributed by atoms with Crippen LogP contribution < -0.4 is 5.73 Å². The maximum Gasteiger partial charge on any atom is 0.117 e. The molecule has 6 nitrogen and oxygen atoms in total. The zero-order valence-corrected chi connectivity index (χ0v) is 12.0. The topological polar surface area (TPSA) is 92.8 Å². The van der Waals surface area contributed by atoms with E-state index >= 15 is 0 Å². The van der Waals surface area contributed by atoms with Crippen LogP contribution in [0.4, 0.5) is 0 Å². The van der Waals surface area contributed by atoms with Gasteiger partial charge in [0.15, 0.2) is 0 Å². The van der Waals surface area contributed by atoms with Crippen molar-refractivity contribution in [1.29, 1.82) is 0 Å². The predicted octanol–water partition coefficient (Wildman–Crippen LogP) is 1.15. The predicted molar refractivity (Wildman–Crippen MR) is 81.0 cm³/mol. The van der Waals surface area contributed by atoms with Crippen LogP contribution in [0, 0.1) is 6.92 Å². The van der Waals surface area contributed by atoms with Crippen LogP contribution in [0.25, 0.3) is 11.0 Å². The van der Waals surface area contributed by atoms with E-state index in [1.165, 1.54) is 0 Å². The minimum absolute atomic E-state index is 0.0472. The lowest BCUT2D eigenvalue weighted by molar-refractivity contribution is 0.266. The molecule has 0 radical (unpaired) electrons. The van der Waals surface area contributed by atoms with Crippen LogP contribution in [0.1, 0.15) is 23.1 Å². The number of nitrogens with two attached hydrogens (primary N) is 1. The SMILES string of the molecule is Cc1cc(C(CN)c2nc3ccccc3[nH]2)n(CCO)n1. The fourth-order valence-corrected chi connectivity index (χ4v) is 2.63. The molecule has 0 aliphatic rings. The second-order valence-electron chi connectivity index (χ2n) is 5.08. The van der Waals surface area contributed by atoms with E-state index in [1.807, 2.05) is 37.3 Å². The lowest BCUT2D eigenvalue weighted by atomic mass is 10.0. The van der Waals surface area contributed by atoms with Crippen LogP contribution >= 0.6 is 0 Å². The van der Waals surface area contributed by atoms with Gasteiger partial charge in [-0.1, -0.05) is 12.1 Å². The Hall–Kier alpha value is -2.18. The van der Waals surface area contributed by atoms with Crippen LogP contribution in [0.5, 0.6) is 0 Å². The number of benzene rings is 1. The van der Waals surface area contributed by atoms with E-state index in [-0.39, 0.29) is 12.5 Å². The third-order valence-corrected chi connectivity index (χ3v) is 3.58. The first-order valence-corrected chi connectivity index (χ1v) is 7.03. The molecule has 3 rings (SSSR count). The molecule has 3 aromatic rings. The van der Waals surface area contributed by atoms with Crippen molar-refractivity contribution in [3.63, 3.8) is 0 Å². The summed E-state index contributed by atoms with van der Waals surface area (Å²) in [5.74, 6) is 0.767. The summed E-state index contributed by atoms with van der Waals surface area (Å²) in [5, 5.41) is 13.6. The number of aliphatic hydroxyl groups is 1. The van der Waals surface area contributed by atoms with E-state index in [4.69, 9.17) is 5.73 Å². The molecule has 0 aliphatic carbocycles. The van der Waals surface area contributed by atoms with Crippen molar-refractivity contribution in [3.05, 3.63) is 47.5 Å². The Morgan fingerprint density at radius 2 is 2.19 bits per heavy atom. The number of aromatic nitrogens is 4. The lowest BCUT2D eigenvalue weighted by Gasteiger charge is -2.14. The number of nitrogens with zero attached hydrogens (tertiary/aromatic N) is 3. The van der Waals surface area contributed by atoms with Crippen molar-refractivity contribution in [2.24, 2.45) is 5.73 Å². The van der Waals surface area contributed by atoms with Gasteiger partial charge >= 0.3 is 0 Å². The summed E-state index contributed by atoms with van der Waals surface area (Å²) < 4.78 is 1.81. The van der Waals surface area contributed by atoms with Crippen molar-refractivity contribution in [2.45, 2.75) is 19.4 Å². The van der Waals surface area contributed by atoms with Gasteiger partial charge < -0.3 is 15.8 Å². The third kappa shape index (κ3) is 2.55. The van der Waals surface area contributed by atoms with Gasteiger partial charge in [0.1, 0.15) is 5.82 Å². The average molecular weight is 285 g/mol. The number of fused-ring (bicyclic) bond motifs is 1. The molecule has 2 heterocycles. The number of rotatable bonds is 5. The summed E-state index contributed by atoms with van der Waals surface area (Å²) in [6.45, 7) is 2.87. The molecule has 0 fully saturated rings. The van der Waals surface area contributed by atoms with Crippen molar-refractivity contribution < 1.29 is 5.11 Å². The van der Waals surface area contributed by atoms with Gasteiger partial charge in [-0.05, 0) is 25.1 Å². The number of hydrogen-bond acceptors (Lipinski definition) is 4. The highest BCUT2D eigenvalue weighted by atomic mass is 16.3. The minimum atomic E-state index is -0.0647. The smallest absolute Gasteiger partial charge is 0.117 e. The summed E-state index contributed by atoms with van der Waals surface area (Å²) in [5.41, 5.74) is 9.78. The van der Waals surface area contributed by atoms with Crippen LogP contribution in [-0.4, -0.2) is 38.0 Å². The molecule has 110 valence electrons. The molecule has 1 aromatic carbocycles. The molecule has 0 aliphatic heterocycles. The molecule has 1 unspecified atom stereocenters. The maximum absolute atomic E-state index is 9.18. The van der Waals surface area contributed by atoms with E-state index < -0.39 is 0 Å². The first kappa shape index (κ1) is 13.8. The van der Waals surface area contributed by atoms with Gasteiger partial charge in [0, 0.05) is 6.54 Å². The minimum Gasteiger partial charge on any atom is -0.394 e. The molecule has 0 saturated carbocycles. The highest BCUT2D eigenvalue weighted by Crippen LogP contribution is 2.24.